The molecule has 2 aromatic carbocycles. The van der Waals surface area contributed by atoms with Crippen LogP contribution in [0.25, 0.3) is 20.5 Å². The predicted octanol–water partition coefficient (Wildman–Crippen LogP) is 5.19. The van der Waals surface area contributed by atoms with E-state index < -0.39 is 0 Å². The number of aryl methyl sites for hydroxylation is 1. The lowest BCUT2D eigenvalue weighted by molar-refractivity contribution is 1.35. The minimum Gasteiger partial charge on any atom is -0.135 e. The first kappa shape index (κ1) is 10.5. The Bertz CT molecular complexity index is 644. The first-order valence-electron chi connectivity index (χ1n) is 5.81. The third-order valence-corrected chi connectivity index (χ3v) is 4.44. The maximum atomic E-state index is 2.29. The minimum atomic E-state index is 1.34. The van der Waals surface area contributed by atoms with Crippen molar-refractivity contribution in [2.45, 2.75) is 13.8 Å². The average molecular weight is 238 g/mol. The van der Waals surface area contributed by atoms with Crippen molar-refractivity contribution in [3.05, 3.63) is 59.7 Å². The smallest absolute Gasteiger partial charge is 0.0358 e. The van der Waals surface area contributed by atoms with Crippen LogP contribution in [0.4, 0.5) is 0 Å². The summed E-state index contributed by atoms with van der Waals surface area (Å²) >= 11 is 1.87. The van der Waals surface area contributed by atoms with Crippen molar-refractivity contribution in [2.75, 3.05) is 0 Å². The van der Waals surface area contributed by atoms with Gasteiger partial charge >= 0.3 is 0 Å². The highest BCUT2D eigenvalue weighted by Gasteiger charge is 2.07. The Balaban J connectivity index is 2.24. The van der Waals surface area contributed by atoms with Crippen LogP contribution in [0.5, 0.6) is 0 Å². The monoisotopic (exact) mass is 238 g/mol. The van der Waals surface area contributed by atoms with Crippen molar-refractivity contribution in [1.29, 1.82) is 0 Å². The van der Waals surface area contributed by atoms with Gasteiger partial charge in [0.15, 0.2) is 0 Å². The maximum Gasteiger partial charge on any atom is 0.0358 e. The van der Waals surface area contributed by atoms with E-state index in [1.54, 1.807) is 0 Å². The summed E-state index contributed by atoms with van der Waals surface area (Å²) in [5.41, 5.74) is 4.12. The largest absolute Gasteiger partial charge is 0.135 e. The van der Waals surface area contributed by atoms with Gasteiger partial charge in [0.25, 0.3) is 0 Å². The predicted molar refractivity (Wildman–Crippen MR) is 76.7 cm³/mol. The SMILES string of the molecule is Cc1cccc(-c2cc3ccccc3s2)c1C. The molecule has 0 aliphatic heterocycles. The highest BCUT2D eigenvalue weighted by atomic mass is 32.1. The van der Waals surface area contributed by atoms with Crippen molar-refractivity contribution in [3.8, 4) is 10.4 Å². The molecule has 0 amide bonds. The van der Waals surface area contributed by atoms with Gasteiger partial charge in [0.1, 0.15) is 0 Å². The fourth-order valence-corrected chi connectivity index (χ4v) is 3.28. The van der Waals surface area contributed by atoms with E-state index in [-0.39, 0.29) is 0 Å². The number of benzene rings is 2. The van der Waals surface area contributed by atoms with Gasteiger partial charge in [-0.3, -0.25) is 0 Å². The van der Waals surface area contributed by atoms with Crippen LogP contribution in [-0.2, 0) is 0 Å². The van der Waals surface area contributed by atoms with Gasteiger partial charge in [-0.15, -0.1) is 11.3 Å². The fourth-order valence-electron chi connectivity index (χ4n) is 2.13. The third-order valence-electron chi connectivity index (χ3n) is 3.30. The van der Waals surface area contributed by atoms with Crippen LogP contribution in [-0.4, -0.2) is 0 Å². The highest BCUT2D eigenvalue weighted by Crippen LogP contribution is 2.35. The molecule has 0 spiro atoms. The standard InChI is InChI=1S/C16H14S/c1-11-6-5-8-14(12(11)2)16-10-13-7-3-4-9-15(13)17-16/h3-10H,1-2H3. The molecule has 17 heavy (non-hydrogen) atoms. The second-order valence-corrected chi connectivity index (χ2v) is 5.48. The van der Waals surface area contributed by atoms with E-state index in [4.69, 9.17) is 0 Å². The van der Waals surface area contributed by atoms with Crippen LogP contribution in [0.15, 0.2) is 48.5 Å². The van der Waals surface area contributed by atoms with Gasteiger partial charge in [-0.2, -0.15) is 0 Å². The summed E-state index contributed by atoms with van der Waals surface area (Å²) in [6, 6.07) is 17.4. The number of fused-ring (bicyclic) bond motifs is 1. The molecule has 0 fully saturated rings. The zero-order valence-electron chi connectivity index (χ0n) is 10.0. The Morgan fingerprint density at radius 1 is 0.882 bits per heavy atom. The molecule has 1 aromatic heterocycles. The van der Waals surface area contributed by atoms with Crippen LogP contribution < -0.4 is 0 Å². The minimum absolute atomic E-state index is 1.34. The van der Waals surface area contributed by atoms with Gasteiger partial charge in [0, 0.05) is 9.58 Å². The molecule has 84 valence electrons. The summed E-state index contributed by atoms with van der Waals surface area (Å²) in [4.78, 5) is 1.37. The molecule has 0 saturated carbocycles. The van der Waals surface area contributed by atoms with Crippen molar-refractivity contribution in [2.24, 2.45) is 0 Å². The van der Waals surface area contributed by atoms with Crippen molar-refractivity contribution < 1.29 is 0 Å². The van der Waals surface area contributed by atoms with Crippen LogP contribution in [0.1, 0.15) is 11.1 Å². The van der Waals surface area contributed by atoms with Gasteiger partial charge in [0.05, 0.1) is 0 Å². The lowest BCUT2D eigenvalue weighted by Crippen LogP contribution is -1.83. The summed E-state index contributed by atoms with van der Waals surface area (Å²) < 4.78 is 1.36. The molecule has 3 aromatic rings. The first-order chi connectivity index (χ1) is 8.25. The average Bonchev–Trinajstić information content (AvgIpc) is 2.76. The van der Waals surface area contributed by atoms with Crippen LogP contribution >= 0.6 is 11.3 Å². The molecule has 0 bridgehead atoms. The van der Waals surface area contributed by atoms with Gasteiger partial charge in [-0.05, 0) is 48.1 Å². The number of rotatable bonds is 1. The van der Waals surface area contributed by atoms with Crippen LogP contribution in [0, 0.1) is 13.8 Å². The van der Waals surface area contributed by atoms with Crippen LogP contribution in [0.3, 0.4) is 0 Å². The molecule has 0 atom stereocenters. The Morgan fingerprint density at radius 2 is 1.71 bits per heavy atom. The van der Waals surface area contributed by atoms with Gasteiger partial charge in [0.2, 0.25) is 0 Å². The molecule has 0 saturated heterocycles. The Kier molecular flexibility index (Phi) is 2.49. The number of thiophene rings is 1. The van der Waals surface area contributed by atoms with Gasteiger partial charge in [-0.1, -0.05) is 36.4 Å². The molecule has 0 nitrogen and oxygen atoms in total. The van der Waals surface area contributed by atoms with E-state index in [0.29, 0.717) is 0 Å². The zero-order chi connectivity index (χ0) is 11.8. The van der Waals surface area contributed by atoms with Crippen molar-refractivity contribution in [3.63, 3.8) is 0 Å². The van der Waals surface area contributed by atoms with E-state index in [0.717, 1.165) is 0 Å². The normalized spacial score (nSPS) is 10.9. The van der Waals surface area contributed by atoms with Gasteiger partial charge < -0.3 is 0 Å². The number of hydrogen-bond donors (Lipinski definition) is 0. The summed E-state index contributed by atoms with van der Waals surface area (Å²) in [5.74, 6) is 0. The quantitative estimate of drug-likeness (QED) is 0.547. The summed E-state index contributed by atoms with van der Waals surface area (Å²) in [5, 5.41) is 1.34. The first-order valence-corrected chi connectivity index (χ1v) is 6.62. The lowest BCUT2D eigenvalue weighted by atomic mass is 10.0. The van der Waals surface area contributed by atoms with E-state index in [1.807, 2.05) is 11.3 Å². The van der Waals surface area contributed by atoms with E-state index >= 15 is 0 Å². The maximum absolute atomic E-state index is 2.29. The lowest BCUT2D eigenvalue weighted by Gasteiger charge is -2.05. The summed E-state index contributed by atoms with van der Waals surface area (Å²) in [6.07, 6.45) is 0. The van der Waals surface area contributed by atoms with E-state index in [1.165, 1.54) is 31.7 Å². The molecule has 3 rings (SSSR count). The molecule has 0 aliphatic carbocycles. The second-order valence-electron chi connectivity index (χ2n) is 4.40. The molecule has 0 N–H and O–H groups in total. The molecule has 0 aliphatic rings. The van der Waals surface area contributed by atoms with Crippen LogP contribution in [0.2, 0.25) is 0 Å². The molecular formula is C16H14S. The molecule has 1 heteroatoms. The number of hydrogen-bond acceptors (Lipinski definition) is 1. The highest BCUT2D eigenvalue weighted by molar-refractivity contribution is 7.22. The molecule has 1 heterocycles. The fraction of sp³-hybridized carbons (Fsp3) is 0.125. The molecule has 0 radical (unpaired) electrons. The third kappa shape index (κ3) is 1.77. The topological polar surface area (TPSA) is 0 Å². The second kappa shape index (κ2) is 4.01. The molecular weight excluding hydrogens is 224 g/mol. The van der Waals surface area contributed by atoms with Crippen molar-refractivity contribution in [1.82, 2.24) is 0 Å². The summed E-state index contributed by atoms with van der Waals surface area (Å²) in [7, 11) is 0. The van der Waals surface area contributed by atoms with E-state index in [9.17, 15) is 0 Å². The zero-order valence-corrected chi connectivity index (χ0v) is 10.8. The van der Waals surface area contributed by atoms with Gasteiger partial charge in [-0.25, -0.2) is 0 Å². The molecule has 0 unspecified atom stereocenters. The van der Waals surface area contributed by atoms with E-state index in [2.05, 4.69) is 62.4 Å². The van der Waals surface area contributed by atoms with Crippen molar-refractivity contribution >= 4 is 21.4 Å². The Morgan fingerprint density at radius 3 is 2.53 bits per heavy atom. The Hall–Kier alpha value is -1.60. The summed E-state index contributed by atoms with van der Waals surface area (Å²) in [6.45, 7) is 4.38. The Labute approximate surface area is 106 Å².